The third-order valence-corrected chi connectivity index (χ3v) is 3.67. The van der Waals surface area contributed by atoms with Crippen LogP contribution in [-0.4, -0.2) is 11.1 Å². The van der Waals surface area contributed by atoms with Crippen molar-refractivity contribution in [3.05, 3.63) is 20.3 Å². The van der Waals surface area contributed by atoms with Gasteiger partial charge in [0.05, 0.1) is 10.2 Å². The first-order valence-corrected chi connectivity index (χ1v) is 5.73. The molecule has 0 amide bonds. The van der Waals surface area contributed by atoms with E-state index >= 15 is 0 Å². The Morgan fingerprint density at radius 3 is 2.73 bits per heavy atom. The van der Waals surface area contributed by atoms with E-state index in [0.717, 1.165) is 14.2 Å². The van der Waals surface area contributed by atoms with Gasteiger partial charge in [0.15, 0.2) is 5.78 Å². The lowest BCUT2D eigenvalue weighted by atomic mass is 10.3. The largest absolute Gasteiger partial charge is 0.292 e. The Bertz CT molecular complexity index is 280. The van der Waals surface area contributed by atoms with E-state index in [2.05, 4.69) is 31.9 Å². The van der Waals surface area contributed by atoms with Crippen molar-refractivity contribution < 1.29 is 4.79 Å². The Balaban J connectivity index is 3.03. The minimum Gasteiger partial charge on any atom is -0.292 e. The second kappa shape index (κ2) is 3.83. The molecule has 60 valence electrons. The average Bonchev–Trinajstić information content (AvgIpc) is 2.28. The lowest BCUT2D eigenvalue weighted by Crippen LogP contribution is -1.96. The zero-order valence-corrected chi connectivity index (χ0v) is 9.85. The van der Waals surface area contributed by atoms with Gasteiger partial charge in [-0.1, -0.05) is 15.9 Å². The lowest BCUT2D eigenvalue weighted by Gasteiger charge is -1.90. The molecule has 1 heterocycles. The Hall–Kier alpha value is 0.330. The highest BCUT2D eigenvalue weighted by atomic mass is 79.9. The van der Waals surface area contributed by atoms with Crippen molar-refractivity contribution >= 4 is 49.0 Å². The average molecular weight is 298 g/mol. The fraction of sp³-hybridized carbons (Fsp3) is 0.286. The number of rotatable bonds is 2. The van der Waals surface area contributed by atoms with Gasteiger partial charge < -0.3 is 0 Å². The molecule has 4 heteroatoms. The van der Waals surface area contributed by atoms with Crippen LogP contribution in [0.1, 0.15) is 14.5 Å². The van der Waals surface area contributed by atoms with E-state index < -0.39 is 0 Å². The summed E-state index contributed by atoms with van der Waals surface area (Å²) in [7, 11) is 0. The molecule has 0 aliphatic heterocycles. The molecule has 0 saturated carbocycles. The number of carbonyl (C=O) groups excluding carboxylic acids is 1. The SMILES string of the molecule is Cc1cc(Br)c(C(=O)CBr)s1. The Morgan fingerprint density at radius 1 is 1.73 bits per heavy atom. The quantitative estimate of drug-likeness (QED) is 0.604. The highest BCUT2D eigenvalue weighted by Gasteiger charge is 2.11. The second-order valence-electron chi connectivity index (χ2n) is 2.09. The number of hydrogen-bond acceptors (Lipinski definition) is 2. The van der Waals surface area contributed by atoms with Gasteiger partial charge in [-0.2, -0.15) is 0 Å². The molecule has 0 radical (unpaired) electrons. The van der Waals surface area contributed by atoms with Crippen LogP contribution in [0.15, 0.2) is 10.5 Å². The van der Waals surface area contributed by atoms with E-state index in [9.17, 15) is 4.79 Å². The molecule has 1 aromatic heterocycles. The Morgan fingerprint density at radius 2 is 2.36 bits per heavy atom. The van der Waals surface area contributed by atoms with Crippen LogP contribution in [0.2, 0.25) is 0 Å². The number of carbonyl (C=O) groups is 1. The van der Waals surface area contributed by atoms with Crippen molar-refractivity contribution in [2.24, 2.45) is 0 Å². The third kappa shape index (κ3) is 2.13. The van der Waals surface area contributed by atoms with Gasteiger partial charge in [0.25, 0.3) is 0 Å². The second-order valence-corrected chi connectivity index (χ2v) is 4.76. The van der Waals surface area contributed by atoms with Crippen LogP contribution in [0.4, 0.5) is 0 Å². The van der Waals surface area contributed by atoms with Crippen molar-refractivity contribution in [1.82, 2.24) is 0 Å². The van der Waals surface area contributed by atoms with Crippen molar-refractivity contribution in [2.75, 3.05) is 5.33 Å². The van der Waals surface area contributed by atoms with Crippen LogP contribution in [0.3, 0.4) is 0 Å². The Kier molecular flexibility index (Phi) is 3.28. The molecule has 1 nitrogen and oxygen atoms in total. The zero-order valence-electron chi connectivity index (χ0n) is 5.86. The predicted octanol–water partition coefficient (Wildman–Crippen LogP) is 3.40. The summed E-state index contributed by atoms with van der Waals surface area (Å²) in [5.41, 5.74) is 0. The van der Waals surface area contributed by atoms with Crippen LogP contribution in [-0.2, 0) is 0 Å². The molecule has 0 aromatic carbocycles. The lowest BCUT2D eigenvalue weighted by molar-refractivity contribution is 0.102. The van der Waals surface area contributed by atoms with Crippen LogP contribution in [0.5, 0.6) is 0 Å². The standard InChI is InChI=1S/C7H6Br2OS/c1-4-2-5(9)7(11-4)6(10)3-8/h2H,3H2,1H3. The summed E-state index contributed by atoms with van der Waals surface area (Å²) >= 11 is 7.98. The van der Waals surface area contributed by atoms with E-state index in [4.69, 9.17) is 0 Å². The van der Waals surface area contributed by atoms with E-state index in [-0.39, 0.29) is 5.78 Å². The molecule has 0 fully saturated rings. The van der Waals surface area contributed by atoms with E-state index in [0.29, 0.717) is 5.33 Å². The first kappa shape index (κ1) is 9.42. The monoisotopic (exact) mass is 296 g/mol. The maximum Gasteiger partial charge on any atom is 0.184 e. The number of halogens is 2. The number of aryl methyl sites for hydroxylation is 1. The summed E-state index contributed by atoms with van der Waals surface area (Å²) in [5.74, 6) is 0.134. The first-order valence-electron chi connectivity index (χ1n) is 3.00. The molecule has 1 aromatic rings. The summed E-state index contributed by atoms with van der Waals surface area (Å²) in [6.07, 6.45) is 0. The molecule has 0 saturated heterocycles. The van der Waals surface area contributed by atoms with Crippen molar-refractivity contribution in [2.45, 2.75) is 6.92 Å². The number of thiophene rings is 1. The highest BCUT2D eigenvalue weighted by molar-refractivity contribution is 9.10. The van der Waals surface area contributed by atoms with Crippen LogP contribution < -0.4 is 0 Å². The number of Topliss-reactive ketones (excluding diaryl/α,β-unsaturated/α-hetero) is 1. The van der Waals surface area contributed by atoms with E-state index in [1.165, 1.54) is 11.3 Å². The number of ketones is 1. The summed E-state index contributed by atoms with van der Waals surface area (Å²) in [6, 6.07) is 1.96. The number of hydrogen-bond donors (Lipinski definition) is 0. The molecule has 0 aliphatic carbocycles. The van der Waals surface area contributed by atoms with Gasteiger partial charge in [-0.15, -0.1) is 11.3 Å². The fourth-order valence-corrected chi connectivity index (χ4v) is 3.00. The van der Waals surface area contributed by atoms with Crippen LogP contribution in [0, 0.1) is 6.92 Å². The maximum atomic E-state index is 11.2. The van der Waals surface area contributed by atoms with Gasteiger partial charge in [0.1, 0.15) is 0 Å². The minimum absolute atomic E-state index is 0.134. The molecule has 0 spiro atoms. The molecular weight excluding hydrogens is 292 g/mol. The molecule has 0 unspecified atom stereocenters. The fourth-order valence-electron chi connectivity index (χ4n) is 0.734. The molecule has 11 heavy (non-hydrogen) atoms. The van der Waals surface area contributed by atoms with Gasteiger partial charge >= 0.3 is 0 Å². The van der Waals surface area contributed by atoms with Crippen molar-refractivity contribution in [3.63, 3.8) is 0 Å². The molecule has 0 N–H and O–H groups in total. The van der Waals surface area contributed by atoms with E-state index in [1.807, 2.05) is 13.0 Å². The smallest absolute Gasteiger partial charge is 0.184 e. The van der Waals surface area contributed by atoms with Gasteiger partial charge in [0, 0.05) is 9.35 Å². The summed E-state index contributed by atoms with van der Waals surface area (Å²) in [5, 5.41) is 0.394. The maximum absolute atomic E-state index is 11.2. The minimum atomic E-state index is 0.134. The van der Waals surface area contributed by atoms with Crippen molar-refractivity contribution in [1.29, 1.82) is 0 Å². The molecule has 0 bridgehead atoms. The van der Waals surface area contributed by atoms with Gasteiger partial charge in [-0.25, -0.2) is 0 Å². The summed E-state index contributed by atoms with van der Waals surface area (Å²) in [4.78, 5) is 13.1. The van der Waals surface area contributed by atoms with Gasteiger partial charge in [0.2, 0.25) is 0 Å². The highest BCUT2D eigenvalue weighted by Crippen LogP contribution is 2.27. The van der Waals surface area contributed by atoms with E-state index in [1.54, 1.807) is 0 Å². The van der Waals surface area contributed by atoms with Gasteiger partial charge in [-0.05, 0) is 28.9 Å². The number of alkyl halides is 1. The zero-order chi connectivity index (χ0) is 8.43. The predicted molar refractivity (Wildman–Crippen MR) is 54.9 cm³/mol. The first-order chi connectivity index (χ1) is 5.15. The normalized spacial score (nSPS) is 10.1. The molecular formula is C7H6Br2OS. The van der Waals surface area contributed by atoms with Crippen LogP contribution in [0.25, 0.3) is 0 Å². The molecule has 0 aliphatic rings. The summed E-state index contributed by atoms with van der Waals surface area (Å²) < 4.78 is 0.907. The van der Waals surface area contributed by atoms with Crippen molar-refractivity contribution in [3.8, 4) is 0 Å². The van der Waals surface area contributed by atoms with Gasteiger partial charge in [-0.3, -0.25) is 4.79 Å². The topological polar surface area (TPSA) is 17.1 Å². The van der Waals surface area contributed by atoms with Crippen LogP contribution >= 0.6 is 43.2 Å². The molecule has 1 rings (SSSR count). The summed E-state index contributed by atoms with van der Waals surface area (Å²) in [6.45, 7) is 1.99. The Labute approximate surface area is 86.1 Å². The molecule has 0 atom stereocenters. The third-order valence-electron chi connectivity index (χ3n) is 1.18.